The molecule has 0 aliphatic carbocycles. The summed E-state index contributed by atoms with van der Waals surface area (Å²) in [4.78, 5) is 21.5. The quantitative estimate of drug-likeness (QED) is 0.153. The van der Waals surface area contributed by atoms with E-state index in [0.717, 1.165) is 12.8 Å². The summed E-state index contributed by atoms with van der Waals surface area (Å²) in [7, 11) is 0. The molecule has 0 rings (SSSR count). The largest absolute Gasteiger partial charge is 0.481 e. The highest BCUT2D eigenvalue weighted by Gasteiger charge is 2.23. The molecule has 0 aromatic rings. The van der Waals surface area contributed by atoms with E-state index in [2.05, 4.69) is 6.92 Å². The predicted molar refractivity (Wildman–Crippen MR) is 107 cm³/mol. The number of carboxylic acids is 2. The van der Waals surface area contributed by atoms with Gasteiger partial charge < -0.3 is 10.2 Å². The standard InChI is InChI=1S/C22H40O4/c1-2-3-4-5-6-7-8-9-10-11-12-13-14-15-16-17-18-19-20(21(23)24)22(25)26/h17-18,20H,2-16,19H2,1H3,(H,23,24)(H,25,26)/b18-17+. The highest BCUT2D eigenvalue weighted by Crippen LogP contribution is 2.13. The maximum Gasteiger partial charge on any atom is 0.318 e. The van der Waals surface area contributed by atoms with Crippen LogP contribution < -0.4 is 0 Å². The molecule has 152 valence electrons. The Morgan fingerprint density at radius 2 is 1.04 bits per heavy atom. The van der Waals surface area contributed by atoms with Crippen molar-refractivity contribution in [2.45, 2.75) is 110 Å². The molecule has 0 aromatic carbocycles. The predicted octanol–water partition coefficient (Wildman–Crippen LogP) is 6.59. The Morgan fingerprint density at radius 3 is 1.42 bits per heavy atom. The van der Waals surface area contributed by atoms with Crippen molar-refractivity contribution in [3.05, 3.63) is 12.2 Å². The first-order valence-electron chi connectivity index (χ1n) is 10.7. The Morgan fingerprint density at radius 1 is 0.654 bits per heavy atom. The topological polar surface area (TPSA) is 74.6 Å². The average Bonchev–Trinajstić information content (AvgIpc) is 2.60. The molecule has 4 nitrogen and oxygen atoms in total. The van der Waals surface area contributed by atoms with Crippen LogP contribution in [0.2, 0.25) is 0 Å². The van der Waals surface area contributed by atoms with E-state index in [9.17, 15) is 9.59 Å². The first-order chi connectivity index (χ1) is 12.6. The second-order valence-electron chi connectivity index (χ2n) is 7.32. The van der Waals surface area contributed by atoms with Crippen LogP contribution in [0.3, 0.4) is 0 Å². The van der Waals surface area contributed by atoms with E-state index >= 15 is 0 Å². The number of allylic oxidation sites excluding steroid dienone is 2. The molecule has 0 bridgehead atoms. The second kappa shape index (κ2) is 18.5. The number of carboxylic acid groups (broad SMARTS) is 2. The Kier molecular flexibility index (Phi) is 17.5. The lowest BCUT2D eigenvalue weighted by Gasteiger charge is -2.03. The van der Waals surface area contributed by atoms with Crippen molar-refractivity contribution in [1.29, 1.82) is 0 Å². The van der Waals surface area contributed by atoms with Crippen LogP contribution in [0.5, 0.6) is 0 Å². The van der Waals surface area contributed by atoms with E-state index in [0.29, 0.717) is 0 Å². The van der Waals surface area contributed by atoms with Crippen LogP contribution in [0.1, 0.15) is 110 Å². The van der Waals surface area contributed by atoms with E-state index in [1.807, 2.05) is 6.08 Å². The third kappa shape index (κ3) is 16.2. The lowest BCUT2D eigenvalue weighted by Crippen LogP contribution is -2.22. The van der Waals surface area contributed by atoms with Crippen molar-refractivity contribution in [3.8, 4) is 0 Å². The summed E-state index contributed by atoms with van der Waals surface area (Å²) >= 11 is 0. The van der Waals surface area contributed by atoms with Crippen molar-refractivity contribution in [1.82, 2.24) is 0 Å². The van der Waals surface area contributed by atoms with Gasteiger partial charge in [-0.05, 0) is 19.3 Å². The fourth-order valence-corrected chi connectivity index (χ4v) is 3.11. The molecule has 2 N–H and O–H groups in total. The van der Waals surface area contributed by atoms with Gasteiger partial charge in [-0.2, -0.15) is 0 Å². The fourth-order valence-electron chi connectivity index (χ4n) is 3.11. The van der Waals surface area contributed by atoms with Crippen molar-refractivity contribution >= 4 is 11.9 Å². The van der Waals surface area contributed by atoms with Crippen LogP contribution in [0.4, 0.5) is 0 Å². The molecule has 0 saturated carbocycles. The number of aliphatic carboxylic acids is 2. The van der Waals surface area contributed by atoms with Gasteiger partial charge in [-0.1, -0.05) is 103 Å². The first kappa shape index (κ1) is 24.7. The molecule has 0 heterocycles. The molecule has 4 heteroatoms. The summed E-state index contributed by atoms with van der Waals surface area (Å²) in [5, 5.41) is 17.5. The van der Waals surface area contributed by atoms with Crippen LogP contribution in [-0.4, -0.2) is 22.2 Å². The van der Waals surface area contributed by atoms with Gasteiger partial charge in [0, 0.05) is 0 Å². The fraction of sp³-hybridized carbons (Fsp3) is 0.818. The summed E-state index contributed by atoms with van der Waals surface area (Å²) in [6.07, 6.45) is 23.3. The van der Waals surface area contributed by atoms with Gasteiger partial charge in [-0.15, -0.1) is 0 Å². The van der Waals surface area contributed by atoms with Gasteiger partial charge in [0.05, 0.1) is 0 Å². The first-order valence-corrected chi connectivity index (χ1v) is 10.7. The molecule has 0 saturated heterocycles. The van der Waals surface area contributed by atoms with Gasteiger partial charge in [0.25, 0.3) is 0 Å². The Bertz CT molecular complexity index is 362. The zero-order valence-corrected chi connectivity index (χ0v) is 16.8. The monoisotopic (exact) mass is 368 g/mol. The van der Waals surface area contributed by atoms with E-state index in [1.54, 1.807) is 6.08 Å². The Balaban J connectivity index is 3.30. The lowest BCUT2D eigenvalue weighted by molar-refractivity contribution is -0.154. The summed E-state index contributed by atoms with van der Waals surface area (Å²) in [5.74, 6) is -3.85. The maximum atomic E-state index is 10.7. The van der Waals surface area contributed by atoms with Gasteiger partial charge in [0.1, 0.15) is 0 Å². The molecule has 0 aliphatic rings. The van der Waals surface area contributed by atoms with Gasteiger partial charge in [-0.3, -0.25) is 9.59 Å². The third-order valence-electron chi connectivity index (χ3n) is 4.86. The van der Waals surface area contributed by atoms with E-state index in [-0.39, 0.29) is 6.42 Å². The number of carbonyl (C=O) groups is 2. The molecule has 0 spiro atoms. The molecular formula is C22H40O4. The number of rotatable bonds is 19. The van der Waals surface area contributed by atoms with E-state index in [1.165, 1.54) is 83.5 Å². The highest BCUT2D eigenvalue weighted by atomic mass is 16.4. The molecule has 0 amide bonds. The van der Waals surface area contributed by atoms with Crippen LogP contribution in [0, 0.1) is 5.92 Å². The van der Waals surface area contributed by atoms with Crippen molar-refractivity contribution in [2.24, 2.45) is 5.92 Å². The molecule has 0 atom stereocenters. The summed E-state index contributed by atoms with van der Waals surface area (Å²) in [6, 6.07) is 0. The molecule has 0 radical (unpaired) electrons. The number of unbranched alkanes of at least 4 members (excludes halogenated alkanes) is 14. The molecule has 26 heavy (non-hydrogen) atoms. The SMILES string of the molecule is CCCCCCCCCCCCCCCC/C=C/CC(C(=O)O)C(=O)O. The lowest BCUT2D eigenvalue weighted by atomic mass is 10.0. The van der Waals surface area contributed by atoms with Crippen LogP contribution in [0.15, 0.2) is 12.2 Å². The molecular weight excluding hydrogens is 328 g/mol. The normalized spacial score (nSPS) is 11.5. The van der Waals surface area contributed by atoms with Crippen LogP contribution in [-0.2, 0) is 9.59 Å². The second-order valence-corrected chi connectivity index (χ2v) is 7.32. The van der Waals surface area contributed by atoms with E-state index < -0.39 is 17.9 Å². The smallest absolute Gasteiger partial charge is 0.318 e. The zero-order valence-electron chi connectivity index (χ0n) is 16.8. The van der Waals surface area contributed by atoms with E-state index in [4.69, 9.17) is 10.2 Å². The average molecular weight is 369 g/mol. The number of hydrogen-bond acceptors (Lipinski definition) is 2. The minimum absolute atomic E-state index is 0.0727. The molecule has 0 aliphatic heterocycles. The maximum absolute atomic E-state index is 10.7. The zero-order chi connectivity index (χ0) is 19.5. The molecule has 0 fully saturated rings. The Hall–Kier alpha value is -1.32. The van der Waals surface area contributed by atoms with Gasteiger partial charge in [0.2, 0.25) is 0 Å². The molecule has 0 unspecified atom stereocenters. The summed E-state index contributed by atoms with van der Waals surface area (Å²) < 4.78 is 0. The van der Waals surface area contributed by atoms with Crippen LogP contribution in [0.25, 0.3) is 0 Å². The van der Waals surface area contributed by atoms with Crippen LogP contribution >= 0.6 is 0 Å². The summed E-state index contributed by atoms with van der Waals surface area (Å²) in [5.41, 5.74) is 0. The molecule has 0 aromatic heterocycles. The van der Waals surface area contributed by atoms with Crippen molar-refractivity contribution in [2.75, 3.05) is 0 Å². The van der Waals surface area contributed by atoms with Crippen molar-refractivity contribution < 1.29 is 19.8 Å². The minimum Gasteiger partial charge on any atom is -0.481 e. The minimum atomic E-state index is -1.32. The van der Waals surface area contributed by atoms with Gasteiger partial charge >= 0.3 is 11.9 Å². The number of hydrogen-bond donors (Lipinski definition) is 2. The summed E-state index contributed by atoms with van der Waals surface area (Å²) in [6.45, 7) is 2.26. The van der Waals surface area contributed by atoms with Gasteiger partial charge in [0.15, 0.2) is 5.92 Å². The highest BCUT2D eigenvalue weighted by molar-refractivity contribution is 5.92. The van der Waals surface area contributed by atoms with Crippen molar-refractivity contribution in [3.63, 3.8) is 0 Å². The third-order valence-corrected chi connectivity index (χ3v) is 4.86. The Labute approximate surface area is 160 Å². The van der Waals surface area contributed by atoms with Gasteiger partial charge in [-0.25, -0.2) is 0 Å².